The molecule has 1 aromatic heterocycles. The molecule has 1 N–H and O–H groups in total. The monoisotopic (exact) mass is 397 g/mol. The van der Waals surface area contributed by atoms with Crippen molar-refractivity contribution < 1.29 is 9.13 Å². The van der Waals surface area contributed by atoms with E-state index in [1.807, 2.05) is 32.0 Å². The number of fused-ring (bicyclic) bond motifs is 2. The summed E-state index contributed by atoms with van der Waals surface area (Å²) in [5.74, 6) is 0.735. The largest absolute Gasteiger partial charge is 0.358 e. The number of aromatic nitrogens is 1. The molecule has 2 aromatic rings. The Morgan fingerprint density at radius 1 is 1.21 bits per heavy atom. The van der Waals surface area contributed by atoms with Gasteiger partial charge in [0, 0.05) is 31.3 Å². The first-order valence-corrected chi connectivity index (χ1v) is 10.7. The van der Waals surface area contributed by atoms with Crippen LogP contribution < -0.4 is 15.9 Å². The number of pyridine rings is 1. The maximum Gasteiger partial charge on any atom is 0.135 e. The van der Waals surface area contributed by atoms with Gasteiger partial charge in [-0.25, -0.2) is 9.37 Å². The summed E-state index contributed by atoms with van der Waals surface area (Å²) in [4.78, 5) is 6.88. The van der Waals surface area contributed by atoms with Gasteiger partial charge in [-0.05, 0) is 61.2 Å². The van der Waals surface area contributed by atoms with Crippen LogP contribution in [-0.2, 0) is 17.7 Å². The van der Waals surface area contributed by atoms with E-state index in [0.29, 0.717) is 0 Å². The summed E-state index contributed by atoms with van der Waals surface area (Å²) in [5.41, 5.74) is 2.42. The average molecular weight is 398 g/mol. The van der Waals surface area contributed by atoms with Crippen molar-refractivity contribution >= 4 is 18.5 Å². The smallest absolute Gasteiger partial charge is 0.135 e. The third kappa shape index (κ3) is 5.87. The van der Waals surface area contributed by atoms with E-state index in [9.17, 15) is 4.39 Å². The zero-order valence-corrected chi connectivity index (χ0v) is 17.6. The summed E-state index contributed by atoms with van der Waals surface area (Å²) >= 11 is 0. The fraction of sp³-hybridized carbons (Fsp3) is 0.458. The van der Waals surface area contributed by atoms with Gasteiger partial charge in [0.05, 0.1) is 5.35 Å². The molecule has 0 amide bonds. The van der Waals surface area contributed by atoms with Crippen molar-refractivity contribution in [2.24, 2.45) is 0 Å². The van der Waals surface area contributed by atoms with Crippen LogP contribution in [0.4, 0.5) is 10.2 Å². The first kappa shape index (κ1) is 21.5. The Kier molecular flexibility index (Phi) is 7.78. The second-order valence-corrected chi connectivity index (χ2v) is 7.33. The lowest BCUT2D eigenvalue weighted by molar-refractivity contribution is 0.0704. The molecule has 4 nitrogen and oxygen atoms in total. The lowest BCUT2D eigenvalue weighted by Gasteiger charge is -2.28. The highest BCUT2D eigenvalue weighted by molar-refractivity contribution is 5.47. The van der Waals surface area contributed by atoms with E-state index in [4.69, 9.17) is 4.74 Å². The number of benzene rings is 1. The van der Waals surface area contributed by atoms with Gasteiger partial charge in [-0.15, -0.1) is 0 Å². The highest BCUT2D eigenvalue weighted by Gasteiger charge is 2.17. The summed E-state index contributed by atoms with van der Waals surface area (Å²) in [6.07, 6.45) is 6.07. The molecule has 2 aliphatic heterocycles. The number of nitrogens with one attached hydrogen (secondary N) is 1. The lowest BCUT2D eigenvalue weighted by atomic mass is 9.99. The Morgan fingerprint density at radius 3 is 2.93 bits per heavy atom. The van der Waals surface area contributed by atoms with Crippen molar-refractivity contribution in [3.63, 3.8) is 0 Å². The topological polar surface area (TPSA) is 37.4 Å². The predicted octanol–water partition coefficient (Wildman–Crippen LogP) is 3.43. The first-order valence-electron chi connectivity index (χ1n) is 10.7. The van der Waals surface area contributed by atoms with Crippen LogP contribution in [0.25, 0.3) is 12.7 Å². The van der Waals surface area contributed by atoms with Crippen molar-refractivity contribution in [2.75, 3.05) is 25.0 Å². The van der Waals surface area contributed by atoms with Gasteiger partial charge in [-0.2, -0.15) is 0 Å². The van der Waals surface area contributed by atoms with Gasteiger partial charge in [0.1, 0.15) is 17.9 Å². The average Bonchev–Trinajstić information content (AvgIpc) is 2.74. The second kappa shape index (κ2) is 10.5. The zero-order valence-electron chi connectivity index (χ0n) is 17.6. The Labute approximate surface area is 173 Å². The highest BCUT2D eigenvalue weighted by atomic mass is 19.1. The van der Waals surface area contributed by atoms with Crippen LogP contribution in [0.15, 0.2) is 30.3 Å². The molecule has 5 heteroatoms. The number of nitrogens with zero attached hydrogens (tertiary/aromatic N) is 2. The number of rotatable bonds is 6. The third-order valence-corrected chi connectivity index (χ3v) is 5.28. The van der Waals surface area contributed by atoms with Crippen LogP contribution in [-0.4, -0.2) is 35.8 Å². The summed E-state index contributed by atoms with van der Waals surface area (Å²) in [6.45, 7) is 11.6. The molecule has 0 fully saturated rings. The Morgan fingerprint density at radius 2 is 2.07 bits per heavy atom. The van der Waals surface area contributed by atoms with Crippen LogP contribution in [0, 0.1) is 5.82 Å². The first-order chi connectivity index (χ1) is 14.2. The summed E-state index contributed by atoms with van der Waals surface area (Å²) in [7, 11) is 0. The minimum Gasteiger partial charge on any atom is -0.358 e. The zero-order chi connectivity index (χ0) is 20.6. The van der Waals surface area contributed by atoms with Gasteiger partial charge in [0.15, 0.2) is 0 Å². The minimum absolute atomic E-state index is 0.0106. The third-order valence-electron chi connectivity index (χ3n) is 5.28. The Hall–Kier alpha value is -2.24. The summed E-state index contributed by atoms with van der Waals surface area (Å²) < 4.78 is 19.3. The summed E-state index contributed by atoms with van der Waals surface area (Å²) in [5, 5.41) is 5.23. The predicted molar refractivity (Wildman–Crippen MR) is 117 cm³/mol. The molecule has 4 rings (SSSR count). The van der Waals surface area contributed by atoms with Crippen molar-refractivity contribution in [1.29, 1.82) is 0 Å². The van der Waals surface area contributed by atoms with Gasteiger partial charge in [-0.3, -0.25) is 4.90 Å². The molecule has 0 radical (unpaired) electrons. The molecule has 0 aliphatic carbocycles. The van der Waals surface area contributed by atoms with Crippen molar-refractivity contribution in [3.8, 4) is 0 Å². The normalized spacial score (nSPS) is 17.8. The molecule has 29 heavy (non-hydrogen) atoms. The maximum atomic E-state index is 13.3. The number of hydrogen-bond donors (Lipinski definition) is 1. The van der Waals surface area contributed by atoms with Crippen molar-refractivity contribution in [3.05, 3.63) is 57.8 Å². The lowest BCUT2D eigenvalue weighted by Crippen LogP contribution is -2.33. The van der Waals surface area contributed by atoms with Crippen LogP contribution in [0.5, 0.6) is 0 Å². The molecule has 1 atom stereocenters. The van der Waals surface area contributed by atoms with E-state index >= 15 is 0 Å². The number of anilines is 1. The van der Waals surface area contributed by atoms with Crippen molar-refractivity contribution in [1.82, 2.24) is 9.88 Å². The fourth-order valence-electron chi connectivity index (χ4n) is 3.78. The molecule has 1 unspecified atom stereocenters. The second-order valence-electron chi connectivity index (χ2n) is 7.33. The molecule has 1 aromatic carbocycles. The van der Waals surface area contributed by atoms with Crippen LogP contribution in [0.2, 0.25) is 0 Å². The summed E-state index contributed by atoms with van der Waals surface area (Å²) in [6, 6.07) is 9.13. The van der Waals surface area contributed by atoms with Crippen LogP contribution >= 0.6 is 0 Å². The maximum absolute atomic E-state index is 13.3. The van der Waals surface area contributed by atoms with Gasteiger partial charge in [-0.1, -0.05) is 32.6 Å². The molecule has 3 heterocycles. The number of ether oxygens (including phenoxy) is 1. The van der Waals surface area contributed by atoms with E-state index in [0.717, 1.165) is 73.9 Å². The molecule has 0 saturated carbocycles. The highest BCUT2D eigenvalue weighted by Crippen LogP contribution is 2.20. The number of halogens is 1. The molecular formula is C24H32FN3O. The number of unbranched alkanes of at least 4 members (excludes halogenated alkanes) is 1. The van der Waals surface area contributed by atoms with E-state index in [1.165, 1.54) is 5.56 Å². The van der Waals surface area contributed by atoms with Gasteiger partial charge in [0.25, 0.3) is 0 Å². The van der Waals surface area contributed by atoms with E-state index in [-0.39, 0.29) is 12.0 Å². The number of hydrogen-bond acceptors (Lipinski definition) is 4. The Balaban J connectivity index is 0.00000117. The molecule has 2 aliphatic rings. The fourth-order valence-corrected chi connectivity index (χ4v) is 3.78. The molecule has 0 saturated heterocycles. The molecule has 0 spiro atoms. The molecular weight excluding hydrogens is 365 g/mol. The standard InChI is InChI=1S/C22H26FN3O.C2H6/c1-16-4-5-17-7-9-21(25-22(17)24-16)27-13-3-2-11-26-12-10-18-14-20(23)8-6-19(18)15-26;1-2/h4-8,14,21H,1-3,9-13,15H2,(H,24,25);1-2H3. The quantitative estimate of drug-likeness (QED) is 0.758. The Bertz CT molecular complexity index is 915. The van der Waals surface area contributed by atoms with Crippen molar-refractivity contribution in [2.45, 2.75) is 52.3 Å². The van der Waals surface area contributed by atoms with Crippen LogP contribution in [0.1, 0.15) is 44.2 Å². The van der Waals surface area contributed by atoms with E-state index in [1.54, 1.807) is 12.1 Å². The van der Waals surface area contributed by atoms with Crippen LogP contribution in [0.3, 0.4) is 0 Å². The van der Waals surface area contributed by atoms with E-state index in [2.05, 4.69) is 27.9 Å². The van der Waals surface area contributed by atoms with E-state index < -0.39 is 0 Å². The SMILES string of the molecule is C=c1ccc2c(n1)NC(OCCCCN1CCc3cc(F)ccc3C1)CC=2.CC. The van der Waals surface area contributed by atoms with Gasteiger partial charge in [0.2, 0.25) is 0 Å². The van der Waals surface area contributed by atoms with Gasteiger partial charge < -0.3 is 10.1 Å². The minimum atomic E-state index is -0.128. The molecule has 156 valence electrons. The van der Waals surface area contributed by atoms with Gasteiger partial charge >= 0.3 is 0 Å². The molecule has 0 bridgehead atoms.